The number of nitrogens with zero attached hydrogens (tertiary/aromatic N) is 2. The van der Waals surface area contributed by atoms with E-state index in [1.807, 2.05) is 0 Å². The molecule has 0 spiro atoms. The Labute approximate surface area is 141 Å². The molecule has 0 bridgehead atoms. The summed E-state index contributed by atoms with van der Waals surface area (Å²) in [6, 6.07) is 3.32. The van der Waals surface area contributed by atoms with Crippen LogP contribution in [0.15, 0.2) is 18.3 Å². The molecule has 2 rings (SSSR count). The van der Waals surface area contributed by atoms with E-state index in [0.717, 1.165) is 0 Å². The molecule has 0 atom stereocenters. The monoisotopic (exact) mass is 355 g/mol. The molecule has 0 saturated heterocycles. The van der Waals surface area contributed by atoms with Gasteiger partial charge in [0, 0.05) is 38.7 Å². The second-order valence-electron chi connectivity index (χ2n) is 5.22. The summed E-state index contributed by atoms with van der Waals surface area (Å²) in [6.07, 6.45) is 1.85. The number of pyridine rings is 1. The van der Waals surface area contributed by atoms with Crippen molar-refractivity contribution in [3.8, 4) is 0 Å². The van der Waals surface area contributed by atoms with Crippen LogP contribution in [0, 0.1) is 0 Å². The van der Waals surface area contributed by atoms with Crippen LogP contribution < -0.4 is 5.73 Å². The van der Waals surface area contributed by atoms with Gasteiger partial charge in [-0.1, -0.05) is 6.07 Å². The van der Waals surface area contributed by atoms with Crippen molar-refractivity contribution in [2.45, 2.75) is 44.2 Å². The topological polar surface area (TPSA) is 59.2 Å². The van der Waals surface area contributed by atoms with Gasteiger partial charge >= 0.3 is 0 Å². The molecule has 2 N–H and O–H groups in total. The Morgan fingerprint density at radius 3 is 2.55 bits per heavy atom. The Balaban J connectivity index is 0.00000220. The van der Waals surface area contributed by atoms with Crippen LogP contribution in [-0.4, -0.2) is 34.8 Å². The predicted molar refractivity (Wildman–Crippen MR) is 85.9 cm³/mol. The zero-order chi connectivity index (χ0) is 14.8. The van der Waals surface area contributed by atoms with Crippen LogP contribution in [0.3, 0.4) is 0 Å². The van der Waals surface area contributed by atoms with Crippen molar-refractivity contribution < 1.29 is 13.6 Å². The maximum absolute atomic E-state index is 13.2. The van der Waals surface area contributed by atoms with Gasteiger partial charge in [0.1, 0.15) is 5.69 Å². The standard InChI is InChI=1S/C14H19F2N3O.2ClH/c1-19(11-4-6-14(15,16)7-5-11)13(20)12-10(9-17)3-2-8-18-12;;/h2-3,8,11H,4-7,9,17H2,1H3;2*1H. The predicted octanol–water partition coefficient (Wildman–Crippen LogP) is 3.03. The van der Waals surface area contributed by atoms with Crippen molar-refractivity contribution >= 4 is 30.7 Å². The van der Waals surface area contributed by atoms with Gasteiger partial charge in [0.2, 0.25) is 5.92 Å². The van der Waals surface area contributed by atoms with Gasteiger partial charge in [0.25, 0.3) is 5.91 Å². The van der Waals surface area contributed by atoms with Gasteiger partial charge in [-0.2, -0.15) is 0 Å². The molecule has 1 fully saturated rings. The van der Waals surface area contributed by atoms with Crippen molar-refractivity contribution in [2.24, 2.45) is 5.73 Å². The molecule has 1 aromatic rings. The minimum absolute atomic E-state index is 0. The summed E-state index contributed by atoms with van der Waals surface area (Å²) in [6.45, 7) is 0.228. The molecule has 1 saturated carbocycles. The van der Waals surface area contributed by atoms with Gasteiger partial charge in [-0.15, -0.1) is 24.8 Å². The summed E-state index contributed by atoms with van der Waals surface area (Å²) in [5.74, 6) is -2.84. The molecule has 126 valence electrons. The van der Waals surface area contributed by atoms with Crippen LogP contribution in [-0.2, 0) is 6.54 Å². The Hall–Kier alpha value is -0.980. The average molecular weight is 356 g/mol. The van der Waals surface area contributed by atoms with Crippen molar-refractivity contribution in [1.29, 1.82) is 0 Å². The lowest BCUT2D eigenvalue weighted by Crippen LogP contribution is -2.42. The first-order valence-corrected chi connectivity index (χ1v) is 6.73. The van der Waals surface area contributed by atoms with Crippen molar-refractivity contribution in [1.82, 2.24) is 9.88 Å². The highest BCUT2D eigenvalue weighted by atomic mass is 35.5. The summed E-state index contributed by atoms with van der Waals surface area (Å²) in [7, 11) is 1.64. The van der Waals surface area contributed by atoms with Crippen LogP contribution in [0.1, 0.15) is 41.7 Å². The number of alkyl halides is 2. The Morgan fingerprint density at radius 1 is 1.41 bits per heavy atom. The smallest absolute Gasteiger partial charge is 0.272 e. The second-order valence-corrected chi connectivity index (χ2v) is 5.22. The number of hydrogen-bond acceptors (Lipinski definition) is 3. The Morgan fingerprint density at radius 2 is 2.00 bits per heavy atom. The van der Waals surface area contributed by atoms with Gasteiger partial charge in [0.15, 0.2) is 0 Å². The number of rotatable bonds is 3. The van der Waals surface area contributed by atoms with Crippen LogP contribution in [0.4, 0.5) is 8.78 Å². The van der Waals surface area contributed by atoms with E-state index in [0.29, 0.717) is 24.1 Å². The normalized spacial score (nSPS) is 17.1. The number of hydrogen-bond donors (Lipinski definition) is 1. The lowest BCUT2D eigenvalue weighted by molar-refractivity contribution is -0.0491. The van der Waals surface area contributed by atoms with Gasteiger partial charge in [0.05, 0.1) is 0 Å². The largest absolute Gasteiger partial charge is 0.337 e. The molecule has 1 aliphatic carbocycles. The van der Waals surface area contributed by atoms with Crippen LogP contribution >= 0.6 is 24.8 Å². The SMILES string of the molecule is CN(C(=O)c1ncccc1CN)C1CCC(F)(F)CC1.Cl.Cl. The lowest BCUT2D eigenvalue weighted by atomic mass is 9.91. The minimum Gasteiger partial charge on any atom is -0.337 e. The fourth-order valence-corrected chi connectivity index (χ4v) is 2.54. The maximum atomic E-state index is 13.2. The summed E-state index contributed by atoms with van der Waals surface area (Å²) in [5.41, 5.74) is 6.58. The first-order valence-electron chi connectivity index (χ1n) is 6.73. The molecule has 1 amide bonds. The fraction of sp³-hybridized carbons (Fsp3) is 0.571. The van der Waals surface area contributed by atoms with Crippen LogP contribution in [0.5, 0.6) is 0 Å². The number of amides is 1. The summed E-state index contributed by atoms with van der Waals surface area (Å²) >= 11 is 0. The van der Waals surface area contributed by atoms with Gasteiger partial charge in [-0.25, -0.2) is 8.78 Å². The second kappa shape index (κ2) is 8.60. The fourth-order valence-electron chi connectivity index (χ4n) is 2.54. The summed E-state index contributed by atoms with van der Waals surface area (Å²) < 4.78 is 26.3. The van der Waals surface area contributed by atoms with E-state index in [9.17, 15) is 13.6 Å². The lowest BCUT2D eigenvalue weighted by Gasteiger charge is -2.34. The third-order valence-electron chi connectivity index (χ3n) is 3.87. The van der Waals surface area contributed by atoms with Gasteiger partial charge < -0.3 is 10.6 Å². The molecule has 0 aromatic carbocycles. The van der Waals surface area contributed by atoms with E-state index in [-0.39, 0.29) is 56.1 Å². The highest BCUT2D eigenvalue weighted by Crippen LogP contribution is 2.35. The highest BCUT2D eigenvalue weighted by molar-refractivity contribution is 5.93. The van der Waals surface area contributed by atoms with E-state index in [2.05, 4.69) is 4.98 Å². The zero-order valence-electron chi connectivity index (χ0n) is 12.3. The number of nitrogens with two attached hydrogens (primary N) is 1. The summed E-state index contributed by atoms with van der Waals surface area (Å²) in [5, 5.41) is 0. The molecule has 1 heterocycles. The first kappa shape index (κ1) is 21.0. The van der Waals surface area contributed by atoms with E-state index in [1.54, 1.807) is 19.2 Å². The third kappa shape index (κ3) is 4.76. The molecule has 0 radical (unpaired) electrons. The molecular formula is C14H21Cl2F2N3O. The molecular weight excluding hydrogens is 335 g/mol. The quantitative estimate of drug-likeness (QED) is 0.906. The summed E-state index contributed by atoms with van der Waals surface area (Å²) in [4.78, 5) is 18.0. The van der Waals surface area contributed by atoms with Crippen molar-refractivity contribution in [3.05, 3.63) is 29.6 Å². The molecule has 1 aliphatic rings. The van der Waals surface area contributed by atoms with E-state index >= 15 is 0 Å². The zero-order valence-corrected chi connectivity index (χ0v) is 13.9. The number of carbonyl (C=O) groups is 1. The van der Waals surface area contributed by atoms with E-state index in [1.165, 1.54) is 11.1 Å². The van der Waals surface area contributed by atoms with Crippen LogP contribution in [0.25, 0.3) is 0 Å². The first-order chi connectivity index (χ1) is 9.44. The Bertz CT molecular complexity index is 493. The molecule has 8 heteroatoms. The third-order valence-corrected chi connectivity index (χ3v) is 3.87. The number of halogens is 4. The minimum atomic E-state index is -2.59. The van der Waals surface area contributed by atoms with Crippen molar-refractivity contribution in [2.75, 3.05) is 7.05 Å². The van der Waals surface area contributed by atoms with Gasteiger partial charge in [-0.05, 0) is 24.5 Å². The molecule has 0 unspecified atom stereocenters. The van der Waals surface area contributed by atoms with Crippen molar-refractivity contribution in [3.63, 3.8) is 0 Å². The average Bonchev–Trinajstić information content (AvgIpc) is 2.45. The molecule has 1 aromatic heterocycles. The molecule has 22 heavy (non-hydrogen) atoms. The van der Waals surface area contributed by atoms with E-state index in [4.69, 9.17) is 5.73 Å². The molecule has 0 aliphatic heterocycles. The number of aromatic nitrogens is 1. The van der Waals surface area contributed by atoms with E-state index < -0.39 is 5.92 Å². The maximum Gasteiger partial charge on any atom is 0.272 e. The molecule has 4 nitrogen and oxygen atoms in total. The highest BCUT2D eigenvalue weighted by Gasteiger charge is 2.37. The van der Waals surface area contributed by atoms with Gasteiger partial charge in [-0.3, -0.25) is 9.78 Å². The Kier molecular flexibility index (Phi) is 8.22. The number of carbonyl (C=O) groups excluding carboxylic acids is 1. The van der Waals surface area contributed by atoms with Crippen LogP contribution in [0.2, 0.25) is 0 Å².